The van der Waals surface area contributed by atoms with Gasteiger partial charge in [0.25, 0.3) is 0 Å². The van der Waals surface area contributed by atoms with Gasteiger partial charge in [-0.15, -0.1) is 0 Å². The molecule has 0 unspecified atom stereocenters. The number of aryl methyl sites for hydroxylation is 2. The molecule has 0 amide bonds. The Kier molecular flexibility index (Phi) is 5.86. The number of hydrogen-bond acceptors (Lipinski definition) is 1. The molecule has 0 radical (unpaired) electrons. The third-order valence-electron chi connectivity index (χ3n) is 1.70. The molecule has 0 saturated heterocycles. The third kappa shape index (κ3) is 6.09. The topological polar surface area (TPSA) is 17.1 Å². The fourth-order valence-corrected chi connectivity index (χ4v) is 0.663. The van der Waals surface area contributed by atoms with Crippen LogP contribution in [-0.4, -0.2) is 6.29 Å². The standard InChI is InChI=1S/C8H10.C4H8O/c1-7-5-3-4-6-8(7)2;1-4(2)3-5/h3-6H,1-2H3;3-4H,1-2H3. The van der Waals surface area contributed by atoms with Gasteiger partial charge in [0.05, 0.1) is 0 Å². The van der Waals surface area contributed by atoms with Crippen LogP contribution in [0.15, 0.2) is 24.3 Å². The molecule has 0 N–H and O–H groups in total. The zero-order valence-corrected chi connectivity index (χ0v) is 8.87. The molecule has 0 fully saturated rings. The minimum absolute atomic E-state index is 0.204. The normalized spacial score (nSPS) is 9.00. The largest absolute Gasteiger partial charge is 0.303 e. The molecule has 0 heterocycles. The summed E-state index contributed by atoms with van der Waals surface area (Å²) in [6.45, 7) is 7.95. The van der Waals surface area contributed by atoms with Crippen LogP contribution in [0.1, 0.15) is 25.0 Å². The Balaban J connectivity index is 0.000000252. The fourth-order valence-electron chi connectivity index (χ4n) is 0.663. The van der Waals surface area contributed by atoms with Crippen LogP contribution in [0.25, 0.3) is 0 Å². The molecule has 0 aliphatic carbocycles. The van der Waals surface area contributed by atoms with E-state index in [1.54, 1.807) is 0 Å². The highest BCUT2D eigenvalue weighted by Gasteiger charge is 1.83. The van der Waals surface area contributed by atoms with Crippen LogP contribution in [-0.2, 0) is 4.79 Å². The second kappa shape index (κ2) is 6.41. The Hall–Kier alpha value is -1.11. The van der Waals surface area contributed by atoms with Gasteiger partial charge in [0.1, 0.15) is 6.29 Å². The maximum absolute atomic E-state index is 9.50. The average molecular weight is 178 g/mol. The second-order valence-electron chi connectivity index (χ2n) is 3.46. The first-order valence-electron chi connectivity index (χ1n) is 4.55. The van der Waals surface area contributed by atoms with Gasteiger partial charge in [-0.25, -0.2) is 0 Å². The van der Waals surface area contributed by atoms with Gasteiger partial charge in [-0.3, -0.25) is 0 Å². The lowest BCUT2D eigenvalue weighted by atomic mass is 10.1. The summed E-state index contributed by atoms with van der Waals surface area (Å²) in [5.74, 6) is 0.204. The zero-order chi connectivity index (χ0) is 10.3. The van der Waals surface area contributed by atoms with Gasteiger partial charge in [-0.2, -0.15) is 0 Å². The highest BCUT2D eigenvalue weighted by atomic mass is 16.1. The molecule has 1 aromatic carbocycles. The second-order valence-corrected chi connectivity index (χ2v) is 3.46. The summed E-state index contributed by atoms with van der Waals surface area (Å²) in [6, 6.07) is 8.36. The van der Waals surface area contributed by atoms with E-state index < -0.39 is 0 Å². The predicted octanol–water partition coefficient (Wildman–Crippen LogP) is 3.14. The quantitative estimate of drug-likeness (QED) is 0.604. The van der Waals surface area contributed by atoms with Crippen molar-refractivity contribution in [3.05, 3.63) is 35.4 Å². The van der Waals surface area contributed by atoms with Crippen molar-refractivity contribution in [1.82, 2.24) is 0 Å². The van der Waals surface area contributed by atoms with Crippen molar-refractivity contribution in [2.75, 3.05) is 0 Å². The number of rotatable bonds is 1. The maximum atomic E-state index is 9.50. The Morgan fingerprint density at radius 1 is 1.08 bits per heavy atom. The SMILES string of the molecule is CC(C)C=O.Cc1ccccc1C. The van der Waals surface area contributed by atoms with Gasteiger partial charge in [0.15, 0.2) is 0 Å². The zero-order valence-electron chi connectivity index (χ0n) is 8.87. The molecule has 0 aliphatic rings. The third-order valence-corrected chi connectivity index (χ3v) is 1.70. The van der Waals surface area contributed by atoms with E-state index in [0.29, 0.717) is 0 Å². The van der Waals surface area contributed by atoms with Crippen molar-refractivity contribution in [3.8, 4) is 0 Å². The highest BCUT2D eigenvalue weighted by Crippen LogP contribution is 2.02. The monoisotopic (exact) mass is 178 g/mol. The molecule has 1 nitrogen and oxygen atoms in total. The van der Waals surface area contributed by atoms with E-state index in [0.717, 1.165) is 6.29 Å². The lowest BCUT2D eigenvalue weighted by Gasteiger charge is -1.93. The Morgan fingerprint density at radius 3 is 1.54 bits per heavy atom. The number of benzene rings is 1. The van der Waals surface area contributed by atoms with Crippen molar-refractivity contribution < 1.29 is 4.79 Å². The maximum Gasteiger partial charge on any atom is 0.122 e. The summed E-state index contributed by atoms with van der Waals surface area (Å²) < 4.78 is 0. The van der Waals surface area contributed by atoms with E-state index >= 15 is 0 Å². The molecule has 0 aliphatic heterocycles. The van der Waals surface area contributed by atoms with Gasteiger partial charge < -0.3 is 4.79 Å². The van der Waals surface area contributed by atoms with Crippen molar-refractivity contribution in [1.29, 1.82) is 0 Å². The molecular weight excluding hydrogens is 160 g/mol. The van der Waals surface area contributed by atoms with Gasteiger partial charge >= 0.3 is 0 Å². The van der Waals surface area contributed by atoms with E-state index in [2.05, 4.69) is 38.1 Å². The molecule has 0 aromatic heterocycles. The minimum atomic E-state index is 0.204. The summed E-state index contributed by atoms with van der Waals surface area (Å²) in [7, 11) is 0. The first kappa shape index (κ1) is 11.9. The van der Waals surface area contributed by atoms with Crippen LogP contribution in [0.2, 0.25) is 0 Å². The number of carbonyl (C=O) groups is 1. The minimum Gasteiger partial charge on any atom is -0.303 e. The molecule has 0 bridgehead atoms. The van der Waals surface area contributed by atoms with E-state index in [4.69, 9.17) is 0 Å². The summed E-state index contributed by atoms with van der Waals surface area (Å²) in [5, 5.41) is 0. The number of carbonyl (C=O) groups excluding carboxylic acids is 1. The smallest absolute Gasteiger partial charge is 0.122 e. The number of hydrogen-bond donors (Lipinski definition) is 0. The molecule has 1 heteroatoms. The van der Waals surface area contributed by atoms with Crippen LogP contribution in [0.5, 0.6) is 0 Å². The Bertz CT molecular complexity index is 230. The van der Waals surface area contributed by atoms with Gasteiger partial charge in [0, 0.05) is 5.92 Å². The van der Waals surface area contributed by atoms with Gasteiger partial charge in [-0.1, -0.05) is 38.1 Å². The lowest BCUT2D eigenvalue weighted by molar-refractivity contribution is -0.110. The van der Waals surface area contributed by atoms with E-state index in [9.17, 15) is 4.79 Å². The molecule has 0 atom stereocenters. The molecule has 0 spiro atoms. The van der Waals surface area contributed by atoms with E-state index in [1.807, 2.05) is 13.8 Å². The van der Waals surface area contributed by atoms with Gasteiger partial charge in [0.2, 0.25) is 0 Å². The van der Waals surface area contributed by atoms with Crippen LogP contribution in [0, 0.1) is 19.8 Å². The van der Waals surface area contributed by atoms with Crippen molar-refractivity contribution >= 4 is 6.29 Å². The predicted molar refractivity (Wildman–Crippen MR) is 56.8 cm³/mol. The van der Waals surface area contributed by atoms with E-state index in [1.165, 1.54) is 11.1 Å². The lowest BCUT2D eigenvalue weighted by Crippen LogP contribution is -1.82. The molecule has 0 saturated carbocycles. The van der Waals surface area contributed by atoms with Crippen molar-refractivity contribution in [2.45, 2.75) is 27.7 Å². The first-order valence-corrected chi connectivity index (χ1v) is 4.55. The molecule has 1 aromatic rings. The molecule has 1 rings (SSSR count). The van der Waals surface area contributed by atoms with Crippen LogP contribution in [0.4, 0.5) is 0 Å². The number of aldehydes is 1. The summed E-state index contributed by atoms with van der Waals surface area (Å²) >= 11 is 0. The van der Waals surface area contributed by atoms with Crippen molar-refractivity contribution in [2.24, 2.45) is 5.92 Å². The van der Waals surface area contributed by atoms with Crippen molar-refractivity contribution in [3.63, 3.8) is 0 Å². The van der Waals surface area contributed by atoms with Crippen LogP contribution in [0.3, 0.4) is 0 Å². The summed E-state index contributed by atoms with van der Waals surface area (Å²) in [4.78, 5) is 9.50. The summed E-state index contributed by atoms with van der Waals surface area (Å²) in [6.07, 6.45) is 0.917. The molecular formula is C12H18O. The van der Waals surface area contributed by atoms with Gasteiger partial charge in [-0.05, 0) is 25.0 Å². The Morgan fingerprint density at radius 2 is 1.38 bits per heavy atom. The highest BCUT2D eigenvalue weighted by molar-refractivity contribution is 5.51. The van der Waals surface area contributed by atoms with Crippen LogP contribution >= 0.6 is 0 Å². The molecule has 72 valence electrons. The van der Waals surface area contributed by atoms with E-state index in [-0.39, 0.29) is 5.92 Å². The summed E-state index contributed by atoms with van der Waals surface area (Å²) in [5.41, 5.74) is 2.74. The first-order chi connectivity index (χ1) is 6.07. The average Bonchev–Trinajstić information content (AvgIpc) is 2.11. The molecule has 13 heavy (non-hydrogen) atoms. The fraction of sp³-hybridized carbons (Fsp3) is 0.417. The Labute approximate surface area is 80.8 Å². The van der Waals surface area contributed by atoms with Crippen LogP contribution < -0.4 is 0 Å².